The van der Waals surface area contributed by atoms with Gasteiger partial charge >= 0.3 is 0 Å². The molecule has 4 aromatic rings. The van der Waals surface area contributed by atoms with Crippen LogP contribution in [0.5, 0.6) is 0 Å². The first-order chi connectivity index (χ1) is 14.5. The first-order valence-corrected chi connectivity index (χ1v) is 9.82. The van der Waals surface area contributed by atoms with Crippen molar-refractivity contribution in [3.63, 3.8) is 0 Å². The van der Waals surface area contributed by atoms with E-state index in [2.05, 4.69) is 29.2 Å². The number of para-hydroxylation sites is 1. The normalized spacial score (nSPS) is 11.2. The molecule has 2 heterocycles. The Balaban J connectivity index is 1.40. The number of carbonyl (C=O) groups excluding carboxylic acids is 1. The van der Waals surface area contributed by atoms with Gasteiger partial charge in [-0.05, 0) is 36.4 Å². The molecule has 4 rings (SSSR count). The van der Waals surface area contributed by atoms with Gasteiger partial charge in [-0.15, -0.1) is 0 Å². The maximum absolute atomic E-state index is 12.4. The molecule has 0 radical (unpaired) electrons. The molecule has 0 unspecified atom stereocenters. The van der Waals surface area contributed by atoms with Crippen molar-refractivity contribution in [2.24, 2.45) is 0 Å². The number of fused-ring (bicyclic) bond motifs is 1. The van der Waals surface area contributed by atoms with Crippen LogP contribution in [-0.2, 0) is 11.3 Å². The summed E-state index contributed by atoms with van der Waals surface area (Å²) >= 11 is 0. The van der Waals surface area contributed by atoms with E-state index in [1.807, 2.05) is 42.5 Å². The Labute approximate surface area is 173 Å². The minimum absolute atomic E-state index is 0.127. The Hall–Kier alpha value is -3.74. The summed E-state index contributed by atoms with van der Waals surface area (Å²) in [4.78, 5) is 28.6. The highest BCUT2D eigenvalue weighted by atomic mass is 16.4. The van der Waals surface area contributed by atoms with Crippen LogP contribution in [0.15, 0.2) is 70.1 Å². The minimum Gasteiger partial charge on any atom is -0.441 e. The molecule has 1 N–H and O–H groups in total. The van der Waals surface area contributed by atoms with E-state index >= 15 is 0 Å². The summed E-state index contributed by atoms with van der Waals surface area (Å²) in [5, 5.41) is 7.63. The first-order valence-electron chi connectivity index (χ1n) is 9.82. The smallest absolute Gasteiger partial charge is 0.226 e. The van der Waals surface area contributed by atoms with Crippen molar-refractivity contribution in [1.29, 1.82) is 0 Å². The summed E-state index contributed by atoms with van der Waals surface area (Å²) in [5.74, 6) is 1.54. The maximum atomic E-state index is 12.4. The van der Waals surface area contributed by atoms with Crippen LogP contribution in [0.3, 0.4) is 0 Å². The van der Waals surface area contributed by atoms with E-state index < -0.39 is 0 Å². The predicted octanol–water partition coefficient (Wildman–Crippen LogP) is 4.20. The summed E-state index contributed by atoms with van der Waals surface area (Å²) in [6.07, 6.45) is 3.26. The number of aryl methyl sites for hydroxylation is 1. The van der Waals surface area contributed by atoms with Crippen molar-refractivity contribution in [2.75, 3.05) is 5.32 Å². The van der Waals surface area contributed by atoms with Crippen molar-refractivity contribution >= 4 is 22.5 Å². The van der Waals surface area contributed by atoms with Gasteiger partial charge in [-0.1, -0.05) is 26.0 Å². The van der Waals surface area contributed by atoms with Gasteiger partial charge in [0.05, 0.1) is 24.5 Å². The highest BCUT2D eigenvalue weighted by Crippen LogP contribution is 2.24. The number of hydrogen-bond donors (Lipinski definition) is 1. The standard InChI is InChI=1S/C23H22N4O3/c1-15(2)21-14-24-23(30-21)16-7-9-17(10-8-16)26-22(29)11-12-27-19-6-4-3-5-18(19)20(28)13-25-27/h3-10,13-15H,11-12H2,1-2H3,(H,26,29). The molecule has 0 aliphatic rings. The largest absolute Gasteiger partial charge is 0.441 e. The van der Waals surface area contributed by atoms with Crippen LogP contribution >= 0.6 is 0 Å². The molecule has 152 valence electrons. The van der Waals surface area contributed by atoms with Crippen LogP contribution in [-0.4, -0.2) is 20.7 Å². The molecule has 0 fully saturated rings. The molecule has 7 nitrogen and oxygen atoms in total. The van der Waals surface area contributed by atoms with E-state index in [1.54, 1.807) is 16.9 Å². The zero-order valence-corrected chi connectivity index (χ0v) is 16.8. The van der Waals surface area contributed by atoms with E-state index in [9.17, 15) is 9.59 Å². The highest BCUT2D eigenvalue weighted by Gasteiger charge is 2.10. The van der Waals surface area contributed by atoms with Gasteiger partial charge in [0.1, 0.15) is 5.76 Å². The average molecular weight is 402 g/mol. The van der Waals surface area contributed by atoms with Crippen molar-refractivity contribution in [1.82, 2.24) is 14.8 Å². The number of hydrogen-bond acceptors (Lipinski definition) is 5. The SMILES string of the molecule is CC(C)c1cnc(-c2ccc(NC(=O)CCn3ncc(=O)c4ccccc43)cc2)o1. The second kappa shape index (κ2) is 8.32. The fraction of sp³-hybridized carbons (Fsp3) is 0.217. The Morgan fingerprint density at radius 3 is 2.60 bits per heavy atom. The molecule has 0 aliphatic heterocycles. The lowest BCUT2D eigenvalue weighted by atomic mass is 10.2. The molecule has 0 spiro atoms. The van der Waals surface area contributed by atoms with E-state index in [4.69, 9.17) is 4.42 Å². The zero-order chi connectivity index (χ0) is 21.1. The van der Waals surface area contributed by atoms with Crippen LogP contribution in [0.2, 0.25) is 0 Å². The number of rotatable bonds is 6. The van der Waals surface area contributed by atoms with E-state index in [-0.39, 0.29) is 23.7 Å². The fourth-order valence-corrected chi connectivity index (χ4v) is 3.15. The Bertz CT molecular complexity index is 1240. The molecule has 0 saturated heterocycles. The van der Waals surface area contributed by atoms with Gasteiger partial charge in [0.15, 0.2) is 0 Å². The average Bonchev–Trinajstić information content (AvgIpc) is 3.25. The Morgan fingerprint density at radius 1 is 1.10 bits per heavy atom. The summed E-state index contributed by atoms with van der Waals surface area (Å²) in [5.41, 5.74) is 2.13. The molecule has 0 aliphatic carbocycles. The van der Waals surface area contributed by atoms with Crippen LogP contribution in [0, 0.1) is 0 Å². The number of amides is 1. The number of oxazole rings is 1. The number of benzene rings is 2. The number of aromatic nitrogens is 3. The summed E-state index contributed by atoms with van der Waals surface area (Å²) in [6, 6.07) is 14.6. The maximum Gasteiger partial charge on any atom is 0.226 e. The summed E-state index contributed by atoms with van der Waals surface area (Å²) < 4.78 is 7.43. The highest BCUT2D eigenvalue weighted by molar-refractivity contribution is 5.91. The molecule has 1 amide bonds. The molecule has 30 heavy (non-hydrogen) atoms. The van der Waals surface area contributed by atoms with Gasteiger partial charge in [-0.2, -0.15) is 5.10 Å². The van der Waals surface area contributed by atoms with Gasteiger partial charge in [0, 0.05) is 29.0 Å². The third-order valence-electron chi connectivity index (χ3n) is 4.82. The van der Waals surface area contributed by atoms with Crippen LogP contribution in [0.1, 0.15) is 31.9 Å². The molecule has 2 aromatic carbocycles. The topological polar surface area (TPSA) is 90.0 Å². The number of nitrogens with one attached hydrogen (secondary N) is 1. The third-order valence-corrected chi connectivity index (χ3v) is 4.82. The monoisotopic (exact) mass is 402 g/mol. The second-order valence-electron chi connectivity index (χ2n) is 7.35. The van der Waals surface area contributed by atoms with E-state index in [1.165, 1.54) is 6.20 Å². The summed E-state index contributed by atoms with van der Waals surface area (Å²) in [6.45, 7) is 4.47. The number of anilines is 1. The Kier molecular flexibility index (Phi) is 5.43. The zero-order valence-electron chi connectivity index (χ0n) is 16.8. The Morgan fingerprint density at radius 2 is 1.87 bits per heavy atom. The molecular weight excluding hydrogens is 380 g/mol. The van der Waals surface area contributed by atoms with Gasteiger partial charge in [-0.25, -0.2) is 4.98 Å². The van der Waals surface area contributed by atoms with Gasteiger partial charge in [-0.3, -0.25) is 14.3 Å². The lowest BCUT2D eigenvalue weighted by Gasteiger charge is -2.10. The molecule has 0 bridgehead atoms. The van der Waals surface area contributed by atoms with Gasteiger partial charge in [0.2, 0.25) is 17.2 Å². The lowest BCUT2D eigenvalue weighted by Crippen LogP contribution is -2.18. The van der Waals surface area contributed by atoms with Crippen molar-refractivity contribution < 1.29 is 9.21 Å². The van der Waals surface area contributed by atoms with E-state index in [0.29, 0.717) is 29.0 Å². The molecule has 2 aromatic heterocycles. The summed E-state index contributed by atoms with van der Waals surface area (Å²) in [7, 11) is 0. The fourth-order valence-electron chi connectivity index (χ4n) is 3.15. The van der Waals surface area contributed by atoms with Gasteiger partial charge in [0.25, 0.3) is 0 Å². The number of nitrogens with zero attached hydrogens (tertiary/aromatic N) is 3. The second-order valence-corrected chi connectivity index (χ2v) is 7.35. The molecule has 0 saturated carbocycles. The van der Waals surface area contributed by atoms with Crippen LogP contribution in [0.25, 0.3) is 22.4 Å². The van der Waals surface area contributed by atoms with Crippen molar-refractivity contribution in [3.8, 4) is 11.5 Å². The van der Waals surface area contributed by atoms with Crippen LogP contribution in [0.4, 0.5) is 5.69 Å². The first kappa shape index (κ1) is 19.6. The third kappa shape index (κ3) is 4.15. The quantitative estimate of drug-likeness (QED) is 0.522. The molecular formula is C23H22N4O3. The number of carbonyl (C=O) groups is 1. The molecule has 0 atom stereocenters. The predicted molar refractivity (Wildman–Crippen MR) is 115 cm³/mol. The van der Waals surface area contributed by atoms with Crippen molar-refractivity contribution in [3.05, 3.63) is 76.9 Å². The molecule has 7 heteroatoms. The lowest BCUT2D eigenvalue weighted by molar-refractivity contribution is -0.116. The van der Waals surface area contributed by atoms with E-state index in [0.717, 1.165) is 11.3 Å². The minimum atomic E-state index is -0.134. The van der Waals surface area contributed by atoms with Crippen molar-refractivity contribution in [2.45, 2.75) is 32.7 Å². The van der Waals surface area contributed by atoms with Crippen LogP contribution < -0.4 is 10.7 Å². The van der Waals surface area contributed by atoms with Gasteiger partial charge < -0.3 is 9.73 Å².